The van der Waals surface area contributed by atoms with E-state index in [2.05, 4.69) is 10.3 Å². The average Bonchev–Trinajstić information content (AvgIpc) is 3.49. The van der Waals surface area contributed by atoms with Gasteiger partial charge in [0.2, 0.25) is 0 Å². The summed E-state index contributed by atoms with van der Waals surface area (Å²) in [4.78, 5) is 32.7. The number of fused-ring (bicyclic) bond motifs is 2. The molecular formula is C27H28N6O3. The molecule has 36 heavy (non-hydrogen) atoms. The van der Waals surface area contributed by atoms with Crippen LogP contribution in [0.15, 0.2) is 54.9 Å². The predicted molar refractivity (Wildman–Crippen MR) is 133 cm³/mol. The Morgan fingerprint density at radius 3 is 2.72 bits per heavy atom. The highest BCUT2D eigenvalue weighted by molar-refractivity contribution is 5.96. The number of nitrogens with one attached hydrogen (secondary N) is 1. The zero-order valence-corrected chi connectivity index (χ0v) is 20.2. The number of hydrogen-bond donors (Lipinski definition) is 1. The molecule has 0 bridgehead atoms. The minimum Gasteiger partial charge on any atom is -0.497 e. The van der Waals surface area contributed by atoms with Crippen molar-refractivity contribution in [1.29, 1.82) is 0 Å². The molecule has 2 aliphatic rings. The van der Waals surface area contributed by atoms with Crippen LogP contribution < -0.4 is 10.1 Å². The number of ether oxygens (including phenoxy) is 1. The lowest BCUT2D eigenvalue weighted by Crippen LogP contribution is -2.37. The predicted octanol–water partition coefficient (Wildman–Crippen LogP) is 2.87. The lowest BCUT2D eigenvalue weighted by atomic mass is 10.0. The molecule has 0 atom stereocenters. The summed E-state index contributed by atoms with van der Waals surface area (Å²) >= 11 is 0. The molecule has 0 spiro atoms. The maximum atomic E-state index is 13.3. The number of methoxy groups -OCH3 is 1. The van der Waals surface area contributed by atoms with Crippen LogP contribution in [0.4, 0.5) is 0 Å². The Kier molecular flexibility index (Phi) is 5.67. The van der Waals surface area contributed by atoms with E-state index in [9.17, 15) is 9.59 Å². The first-order valence-corrected chi connectivity index (χ1v) is 12.3. The fraction of sp³-hybridized carbons (Fsp3) is 0.333. The maximum absolute atomic E-state index is 13.3. The van der Waals surface area contributed by atoms with Crippen molar-refractivity contribution < 1.29 is 14.3 Å². The summed E-state index contributed by atoms with van der Waals surface area (Å²) in [6.07, 6.45) is 7.06. The molecule has 6 rings (SSSR count). The molecule has 1 fully saturated rings. The third-order valence-electron chi connectivity index (χ3n) is 6.90. The molecular weight excluding hydrogens is 456 g/mol. The van der Waals surface area contributed by atoms with Gasteiger partial charge in [-0.1, -0.05) is 18.2 Å². The summed E-state index contributed by atoms with van der Waals surface area (Å²) in [5, 5.41) is 7.81. The molecule has 1 aromatic carbocycles. The number of hydrogen-bond acceptors (Lipinski definition) is 5. The van der Waals surface area contributed by atoms with Crippen LogP contribution in [0.3, 0.4) is 0 Å². The van der Waals surface area contributed by atoms with Crippen LogP contribution >= 0.6 is 0 Å². The third-order valence-corrected chi connectivity index (χ3v) is 6.90. The summed E-state index contributed by atoms with van der Waals surface area (Å²) in [7, 11) is 1.66. The van der Waals surface area contributed by atoms with E-state index in [-0.39, 0.29) is 17.9 Å². The van der Waals surface area contributed by atoms with Gasteiger partial charge in [-0.25, -0.2) is 4.98 Å². The van der Waals surface area contributed by atoms with E-state index in [4.69, 9.17) is 9.84 Å². The van der Waals surface area contributed by atoms with Crippen molar-refractivity contribution in [1.82, 2.24) is 29.4 Å². The molecule has 4 heterocycles. The minimum absolute atomic E-state index is 0.135. The zero-order valence-electron chi connectivity index (χ0n) is 20.2. The molecule has 0 saturated heterocycles. The number of carbonyl (C=O) groups excluding carboxylic acids is 2. The van der Waals surface area contributed by atoms with E-state index < -0.39 is 0 Å². The number of benzene rings is 1. The second-order valence-electron chi connectivity index (χ2n) is 9.41. The minimum atomic E-state index is -0.154. The van der Waals surface area contributed by atoms with Gasteiger partial charge in [0.25, 0.3) is 11.8 Å². The largest absolute Gasteiger partial charge is 0.497 e. The van der Waals surface area contributed by atoms with E-state index in [0.717, 1.165) is 41.9 Å². The van der Waals surface area contributed by atoms with Crippen molar-refractivity contribution in [2.75, 3.05) is 13.7 Å². The zero-order chi connectivity index (χ0) is 24.6. The van der Waals surface area contributed by atoms with Crippen LogP contribution in [0.5, 0.6) is 5.75 Å². The molecule has 4 aromatic rings. The highest BCUT2D eigenvalue weighted by Gasteiger charge is 2.33. The van der Waals surface area contributed by atoms with Crippen LogP contribution in [0.25, 0.3) is 5.65 Å². The summed E-state index contributed by atoms with van der Waals surface area (Å²) in [6.45, 7) is 1.56. The molecule has 3 aromatic heterocycles. The monoisotopic (exact) mass is 484 g/mol. The molecule has 1 N–H and O–H groups in total. The molecule has 2 amide bonds. The van der Waals surface area contributed by atoms with Gasteiger partial charge in [0.1, 0.15) is 17.1 Å². The summed E-state index contributed by atoms with van der Waals surface area (Å²) < 4.78 is 9.05. The van der Waals surface area contributed by atoms with E-state index in [1.807, 2.05) is 57.7 Å². The molecule has 184 valence electrons. The van der Waals surface area contributed by atoms with Crippen LogP contribution in [0, 0.1) is 0 Å². The first kappa shape index (κ1) is 22.3. The van der Waals surface area contributed by atoms with Gasteiger partial charge < -0.3 is 19.4 Å². The van der Waals surface area contributed by atoms with E-state index >= 15 is 0 Å². The highest BCUT2D eigenvalue weighted by Crippen LogP contribution is 2.26. The number of nitrogens with zero attached hydrogens (tertiary/aromatic N) is 5. The molecule has 1 aliphatic carbocycles. The second-order valence-corrected chi connectivity index (χ2v) is 9.41. The molecule has 0 unspecified atom stereocenters. The highest BCUT2D eigenvalue weighted by atomic mass is 16.5. The van der Waals surface area contributed by atoms with Crippen LogP contribution in [-0.2, 0) is 25.9 Å². The number of imidazole rings is 1. The van der Waals surface area contributed by atoms with Gasteiger partial charge >= 0.3 is 0 Å². The Morgan fingerprint density at radius 2 is 1.97 bits per heavy atom. The standard InChI is InChI=1S/C27H28N6O3/c1-36-20-9-5-18(6-10-20)11-15-33-23-12-14-32(16-21(23)25(30-33)26(34)28-19-7-8-19)27(35)22-17-31-13-3-2-4-24(31)29-22/h2-6,9-10,13,17,19H,7-8,11-12,14-16H2,1H3,(H,28,34). The van der Waals surface area contributed by atoms with Crippen molar-refractivity contribution in [3.8, 4) is 5.75 Å². The average molecular weight is 485 g/mol. The number of aryl methyl sites for hydroxylation is 2. The summed E-state index contributed by atoms with van der Waals surface area (Å²) in [5.74, 6) is 0.535. The van der Waals surface area contributed by atoms with Gasteiger partial charge in [-0.3, -0.25) is 14.3 Å². The molecule has 9 nitrogen and oxygen atoms in total. The number of carbonyl (C=O) groups is 2. The van der Waals surface area contributed by atoms with Crippen LogP contribution in [0.1, 0.15) is 50.6 Å². The van der Waals surface area contributed by atoms with Crippen molar-refractivity contribution in [3.05, 3.63) is 83.1 Å². The van der Waals surface area contributed by atoms with Crippen molar-refractivity contribution >= 4 is 17.5 Å². The first-order chi connectivity index (χ1) is 17.6. The summed E-state index contributed by atoms with van der Waals surface area (Å²) in [6, 6.07) is 13.9. The number of pyridine rings is 1. The molecule has 1 aliphatic heterocycles. The summed E-state index contributed by atoms with van der Waals surface area (Å²) in [5.41, 5.74) is 4.60. The van der Waals surface area contributed by atoms with Crippen molar-refractivity contribution in [2.45, 2.75) is 44.8 Å². The van der Waals surface area contributed by atoms with Gasteiger partial charge in [-0.05, 0) is 49.1 Å². The number of rotatable bonds is 7. The van der Waals surface area contributed by atoms with E-state index in [0.29, 0.717) is 37.4 Å². The SMILES string of the molecule is COc1ccc(CCn2nc(C(=O)NC3CC3)c3c2CCN(C(=O)c2cn4ccccc4n2)C3)cc1. The lowest BCUT2D eigenvalue weighted by Gasteiger charge is -2.27. The molecule has 1 saturated carbocycles. The lowest BCUT2D eigenvalue weighted by molar-refractivity contribution is 0.0725. The Bertz CT molecular complexity index is 1400. The Labute approximate surface area is 208 Å². The van der Waals surface area contributed by atoms with Gasteiger partial charge in [0.15, 0.2) is 5.69 Å². The van der Waals surface area contributed by atoms with E-state index in [1.165, 1.54) is 5.56 Å². The van der Waals surface area contributed by atoms with Gasteiger partial charge in [0.05, 0.1) is 13.7 Å². The fourth-order valence-corrected chi connectivity index (χ4v) is 4.74. The van der Waals surface area contributed by atoms with Crippen LogP contribution in [-0.4, -0.2) is 55.6 Å². The van der Waals surface area contributed by atoms with Crippen molar-refractivity contribution in [2.24, 2.45) is 0 Å². The van der Waals surface area contributed by atoms with Crippen LogP contribution in [0.2, 0.25) is 0 Å². The van der Waals surface area contributed by atoms with E-state index in [1.54, 1.807) is 18.2 Å². The fourth-order valence-electron chi connectivity index (χ4n) is 4.74. The quantitative estimate of drug-likeness (QED) is 0.435. The van der Waals surface area contributed by atoms with Crippen molar-refractivity contribution in [3.63, 3.8) is 0 Å². The smallest absolute Gasteiger partial charge is 0.274 e. The third kappa shape index (κ3) is 4.32. The first-order valence-electron chi connectivity index (χ1n) is 12.3. The van der Waals surface area contributed by atoms with Gasteiger partial charge in [-0.15, -0.1) is 0 Å². The molecule has 0 radical (unpaired) electrons. The van der Waals surface area contributed by atoms with Gasteiger partial charge in [-0.2, -0.15) is 5.10 Å². The number of aromatic nitrogens is 4. The van der Waals surface area contributed by atoms with Gasteiger partial charge in [0, 0.05) is 49.2 Å². The maximum Gasteiger partial charge on any atom is 0.274 e. The Morgan fingerprint density at radius 1 is 1.14 bits per heavy atom. The Hall–Kier alpha value is -4.14. The second kappa shape index (κ2) is 9.14. The topological polar surface area (TPSA) is 93.8 Å². The molecule has 9 heteroatoms. The Balaban J connectivity index is 1.25. The number of amides is 2. The normalized spacial score (nSPS) is 15.1.